The fourth-order valence-electron chi connectivity index (χ4n) is 3.46. The Morgan fingerprint density at radius 2 is 1.78 bits per heavy atom. The van der Waals surface area contributed by atoms with E-state index < -0.39 is 0 Å². The molecule has 0 saturated heterocycles. The Bertz CT molecular complexity index is 1210. The van der Waals surface area contributed by atoms with E-state index in [0.717, 1.165) is 23.9 Å². The van der Waals surface area contributed by atoms with Crippen molar-refractivity contribution in [3.8, 4) is 0 Å². The summed E-state index contributed by atoms with van der Waals surface area (Å²) in [6.07, 6.45) is 2.55. The summed E-state index contributed by atoms with van der Waals surface area (Å²) in [5.41, 5.74) is 2.46. The first kappa shape index (κ1) is 23.4. The number of aromatic amines is 1. The first-order valence-corrected chi connectivity index (χ1v) is 11.1. The molecule has 0 spiro atoms. The minimum Gasteiger partial charge on any atom is -0.336 e. The van der Waals surface area contributed by atoms with Crippen molar-refractivity contribution < 1.29 is 9.59 Å². The molecule has 1 aromatic heterocycles. The van der Waals surface area contributed by atoms with Gasteiger partial charge < -0.3 is 15.2 Å². The van der Waals surface area contributed by atoms with Gasteiger partial charge in [0, 0.05) is 25.7 Å². The normalized spacial score (nSPS) is 10.8. The van der Waals surface area contributed by atoms with Crippen molar-refractivity contribution in [3.05, 3.63) is 69.2 Å². The van der Waals surface area contributed by atoms with Crippen molar-refractivity contribution in [1.29, 1.82) is 0 Å². The lowest BCUT2D eigenvalue weighted by atomic mass is 10.1. The van der Waals surface area contributed by atoms with Gasteiger partial charge in [-0.3, -0.25) is 19.0 Å². The van der Waals surface area contributed by atoms with Crippen LogP contribution in [0.15, 0.2) is 53.3 Å². The van der Waals surface area contributed by atoms with E-state index in [4.69, 9.17) is 12.2 Å². The maximum atomic E-state index is 12.6. The molecule has 0 saturated carbocycles. The molecule has 3 rings (SSSR count). The van der Waals surface area contributed by atoms with Crippen molar-refractivity contribution in [2.75, 3.05) is 18.9 Å². The molecule has 7 nitrogen and oxygen atoms in total. The van der Waals surface area contributed by atoms with Crippen LogP contribution in [0.25, 0.3) is 10.9 Å². The molecular weight excluding hydrogens is 424 g/mol. The van der Waals surface area contributed by atoms with Crippen molar-refractivity contribution >= 4 is 40.6 Å². The molecular formula is C24H28N4O3S. The second-order valence-electron chi connectivity index (χ2n) is 7.91. The highest BCUT2D eigenvalue weighted by Gasteiger charge is 2.13. The highest BCUT2D eigenvalue weighted by atomic mass is 32.1. The van der Waals surface area contributed by atoms with Gasteiger partial charge in [0.05, 0.1) is 17.4 Å². The number of unbranched alkanes of at least 4 members (excludes halogenated alkanes) is 2. The molecule has 0 aliphatic carbocycles. The van der Waals surface area contributed by atoms with E-state index >= 15 is 0 Å². The van der Waals surface area contributed by atoms with Crippen molar-refractivity contribution in [2.24, 2.45) is 0 Å². The van der Waals surface area contributed by atoms with Crippen LogP contribution < -0.4 is 10.9 Å². The van der Waals surface area contributed by atoms with Crippen LogP contribution in [-0.2, 0) is 16.1 Å². The van der Waals surface area contributed by atoms with E-state index in [-0.39, 0.29) is 23.9 Å². The van der Waals surface area contributed by atoms with Gasteiger partial charge in [0.1, 0.15) is 0 Å². The number of nitrogens with one attached hydrogen (secondary N) is 2. The lowest BCUT2D eigenvalue weighted by molar-refractivity contribution is -0.133. The van der Waals surface area contributed by atoms with E-state index in [0.29, 0.717) is 35.2 Å². The predicted octanol–water partition coefficient (Wildman–Crippen LogP) is 4.03. The summed E-state index contributed by atoms with van der Waals surface area (Å²) in [5.74, 6) is -0.307. The van der Waals surface area contributed by atoms with Crippen LogP contribution in [-0.4, -0.2) is 39.9 Å². The molecule has 32 heavy (non-hydrogen) atoms. The van der Waals surface area contributed by atoms with Gasteiger partial charge in [-0.2, -0.15) is 0 Å². The van der Waals surface area contributed by atoms with Gasteiger partial charge >= 0.3 is 0 Å². The van der Waals surface area contributed by atoms with E-state index in [1.54, 1.807) is 17.7 Å². The molecule has 0 atom stereocenters. The number of aromatic nitrogens is 2. The fourth-order valence-corrected chi connectivity index (χ4v) is 3.74. The third kappa shape index (κ3) is 6.13. The second kappa shape index (κ2) is 10.9. The van der Waals surface area contributed by atoms with Crippen LogP contribution in [0.2, 0.25) is 0 Å². The lowest BCUT2D eigenvalue weighted by Gasteiger charge is -2.17. The number of nitrogens with zero attached hydrogens (tertiary/aromatic N) is 2. The van der Waals surface area contributed by atoms with Gasteiger partial charge in [0.15, 0.2) is 4.77 Å². The number of hydrogen-bond acceptors (Lipinski definition) is 4. The summed E-state index contributed by atoms with van der Waals surface area (Å²) >= 11 is 5.32. The van der Waals surface area contributed by atoms with E-state index in [2.05, 4.69) is 10.3 Å². The van der Waals surface area contributed by atoms with Gasteiger partial charge in [-0.05, 0) is 56.2 Å². The average Bonchev–Trinajstić information content (AvgIpc) is 2.76. The number of carbonyl (C=O) groups is 2. The summed E-state index contributed by atoms with van der Waals surface area (Å²) in [6, 6.07) is 14.8. The number of likely N-dealkylation sites (N-methyl/N-ethyl adjacent to an activating group) is 1. The van der Waals surface area contributed by atoms with E-state index in [9.17, 15) is 14.4 Å². The smallest absolute Gasteiger partial charge is 0.262 e. The van der Waals surface area contributed by atoms with Gasteiger partial charge in [0.2, 0.25) is 11.8 Å². The maximum Gasteiger partial charge on any atom is 0.262 e. The molecule has 2 aromatic carbocycles. The average molecular weight is 453 g/mol. The number of rotatable bonds is 9. The Balaban J connectivity index is 1.41. The molecule has 2 N–H and O–H groups in total. The summed E-state index contributed by atoms with van der Waals surface area (Å²) in [7, 11) is 1.63. The number of H-pyrrole nitrogens is 1. The first-order valence-electron chi connectivity index (χ1n) is 10.7. The molecule has 2 amide bonds. The van der Waals surface area contributed by atoms with Gasteiger partial charge in [0.25, 0.3) is 5.56 Å². The number of aryl methyl sites for hydroxylation is 1. The number of para-hydroxylation sites is 1. The lowest BCUT2D eigenvalue weighted by Crippen LogP contribution is -2.34. The first-order chi connectivity index (χ1) is 15.3. The topological polar surface area (TPSA) is 87.2 Å². The van der Waals surface area contributed by atoms with Crippen LogP contribution in [0, 0.1) is 11.7 Å². The Kier molecular flexibility index (Phi) is 7.94. The molecule has 0 radical (unpaired) electrons. The summed E-state index contributed by atoms with van der Waals surface area (Å²) < 4.78 is 1.98. The van der Waals surface area contributed by atoms with Gasteiger partial charge in [-0.1, -0.05) is 36.2 Å². The largest absolute Gasteiger partial charge is 0.336 e. The monoisotopic (exact) mass is 452 g/mol. The molecule has 0 bridgehead atoms. The SMILES string of the molecule is Cc1ccc(NC(=O)CN(C)C(=O)CCCCCn2c(=S)[nH]c3ccccc3c2=O)cc1. The van der Waals surface area contributed by atoms with Crippen molar-refractivity contribution in [3.63, 3.8) is 0 Å². The Hall–Kier alpha value is -3.26. The number of amides is 2. The molecule has 3 aromatic rings. The minimum atomic E-state index is -0.227. The second-order valence-corrected chi connectivity index (χ2v) is 8.29. The molecule has 0 aliphatic heterocycles. The maximum absolute atomic E-state index is 12.6. The molecule has 168 valence electrons. The standard InChI is InChI=1S/C24H28N4O3S/c1-17-11-13-18(14-12-17)25-21(29)16-27(2)22(30)10-4-3-7-15-28-23(31)19-8-5-6-9-20(19)26-24(28)32/h5-6,8-9,11-14H,3-4,7,10,15-16H2,1-2H3,(H,25,29)(H,26,32). The molecule has 8 heteroatoms. The molecule has 0 aliphatic rings. The number of carbonyl (C=O) groups excluding carboxylic acids is 2. The fraction of sp³-hybridized carbons (Fsp3) is 0.333. The Morgan fingerprint density at radius 3 is 2.53 bits per heavy atom. The van der Waals surface area contributed by atoms with Crippen molar-refractivity contribution in [1.82, 2.24) is 14.5 Å². The third-order valence-corrected chi connectivity index (χ3v) is 5.63. The van der Waals surface area contributed by atoms with Crippen LogP contribution in [0.1, 0.15) is 31.2 Å². The highest BCUT2D eigenvalue weighted by Crippen LogP contribution is 2.10. The van der Waals surface area contributed by atoms with Crippen molar-refractivity contribution in [2.45, 2.75) is 39.2 Å². The Morgan fingerprint density at radius 1 is 1.06 bits per heavy atom. The minimum absolute atomic E-state index is 0.00827. The number of benzene rings is 2. The zero-order chi connectivity index (χ0) is 23.1. The van der Waals surface area contributed by atoms with Gasteiger partial charge in [-0.15, -0.1) is 0 Å². The summed E-state index contributed by atoms with van der Waals surface area (Å²) in [4.78, 5) is 41.7. The van der Waals surface area contributed by atoms with E-state index in [1.807, 2.05) is 49.4 Å². The van der Waals surface area contributed by atoms with E-state index in [1.165, 1.54) is 4.90 Å². The predicted molar refractivity (Wildman–Crippen MR) is 129 cm³/mol. The quantitative estimate of drug-likeness (QED) is 0.379. The highest BCUT2D eigenvalue weighted by molar-refractivity contribution is 7.71. The number of hydrogen-bond donors (Lipinski definition) is 2. The number of fused-ring (bicyclic) bond motifs is 1. The van der Waals surface area contributed by atoms with Gasteiger partial charge in [-0.25, -0.2) is 0 Å². The van der Waals surface area contributed by atoms with Crippen LogP contribution >= 0.6 is 12.2 Å². The zero-order valence-electron chi connectivity index (χ0n) is 18.4. The Labute approximate surface area is 192 Å². The molecule has 0 fully saturated rings. The number of anilines is 1. The zero-order valence-corrected chi connectivity index (χ0v) is 19.2. The third-order valence-electron chi connectivity index (χ3n) is 5.30. The summed E-state index contributed by atoms with van der Waals surface area (Å²) in [5, 5.41) is 3.41. The molecule has 0 unspecified atom stereocenters. The van der Waals surface area contributed by atoms with Crippen LogP contribution in [0.3, 0.4) is 0 Å². The van der Waals surface area contributed by atoms with Crippen LogP contribution in [0.5, 0.6) is 0 Å². The summed E-state index contributed by atoms with van der Waals surface area (Å²) in [6.45, 7) is 2.49. The van der Waals surface area contributed by atoms with Crippen LogP contribution in [0.4, 0.5) is 5.69 Å². The molecule has 1 heterocycles.